The van der Waals surface area contributed by atoms with Crippen LogP contribution in [0.3, 0.4) is 0 Å². The van der Waals surface area contributed by atoms with E-state index in [-0.39, 0.29) is 12.3 Å². The number of pyridine rings is 1. The second kappa shape index (κ2) is 8.48. The molecule has 4 rings (SSSR count). The van der Waals surface area contributed by atoms with E-state index in [4.69, 9.17) is 9.26 Å². The zero-order chi connectivity index (χ0) is 19.4. The molecule has 148 valence electrons. The van der Waals surface area contributed by atoms with Crippen molar-refractivity contribution in [1.29, 1.82) is 0 Å². The van der Waals surface area contributed by atoms with Crippen LogP contribution in [0.25, 0.3) is 0 Å². The van der Waals surface area contributed by atoms with Gasteiger partial charge < -0.3 is 9.26 Å². The number of aromatic nitrogens is 3. The largest absolute Gasteiger partial charge is 0.366 e. The molecule has 28 heavy (non-hydrogen) atoms. The van der Waals surface area contributed by atoms with Gasteiger partial charge in [0.05, 0.1) is 12.4 Å². The van der Waals surface area contributed by atoms with Crippen LogP contribution in [0, 0.1) is 0 Å². The summed E-state index contributed by atoms with van der Waals surface area (Å²) in [6.07, 6.45) is 3.81. The van der Waals surface area contributed by atoms with E-state index < -0.39 is 16.1 Å². The fourth-order valence-corrected chi connectivity index (χ4v) is 5.16. The lowest BCUT2D eigenvalue weighted by molar-refractivity contribution is -0.0199. The number of ether oxygens (including phenoxy) is 1. The maximum absolute atomic E-state index is 12.7. The van der Waals surface area contributed by atoms with Gasteiger partial charge >= 0.3 is 0 Å². The van der Waals surface area contributed by atoms with Crippen molar-refractivity contribution < 1.29 is 17.7 Å². The fraction of sp³-hybridized carbons (Fsp3) is 0.389. The molecule has 0 radical (unpaired) electrons. The minimum absolute atomic E-state index is 0.0389. The minimum atomic E-state index is -3.41. The monoisotopic (exact) mass is 420 g/mol. The number of rotatable bonds is 7. The maximum atomic E-state index is 12.7. The van der Waals surface area contributed by atoms with Gasteiger partial charge in [0.1, 0.15) is 0 Å². The molecule has 0 unspecified atom stereocenters. The summed E-state index contributed by atoms with van der Waals surface area (Å²) in [4.78, 5) is 9.48. The first-order chi connectivity index (χ1) is 13.6. The zero-order valence-electron chi connectivity index (χ0n) is 15.1. The molecular formula is C18H20N4O4S2. The van der Waals surface area contributed by atoms with E-state index in [1.807, 2.05) is 29.6 Å². The Morgan fingerprint density at radius 1 is 1.25 bits per heavy atom. The Kier molecular flexibility index (Phi) is 5.81. The topological polar surface area (TPSA) is 98.4 Å². The van der Waals surface area contributed by atoms with Crippen molar-refractivity contribution in [3.8, 4) is 0 Å². The highest BCUT2D eigenvalue weighted by Gasteiger charge is 2.33. The first kappa shape index (κ1) is 19.2. The summed E-state index contributed by atoms with van der Waals surface area (Å²) in [5, 5.41) is 5.99. The van der Waals surface area contributed by atoms with Crippen molar-refractivity contribution in [1.82, 2.24) is 19.4 Å². The van der Waals surface area contributed by atoms with Crippen LogP contribution in [0.5, 0.6) is 0 Å². The standard InChI is InChI=1S/C18H20N4O4S2/c23-28(24,11-5-14-3-6-19-7-4-14)22-8-9-25-16(13-22)18-20-17(21-26-18)12-15-2-1-10-27-15/h1-4,6-7,10,16H,5,8-9,11-13H2/t16-/m1/s1. The molecule has 3 aromatic heterocycles. The van der Waals surface area contributed by atoms with Gasteiger partial charge in [-0.05, 0) is 35.6 Å². The molecule has 0 amide bonds. The first-order valence-corrected chi connectivity index (χ1v) is 11.4. The lowest BCUT2D eigenvalue weighted by Crippen LogP contribution is -2.43. The predicted molar refractivity (Wildman–Crippen MR) is 103 cm³/mol. The van der Waals surface area contributed by atoms with Crippen molar-refractivity contribution >= 4 is 21.4 Å². The van der Waals surface area contributed by atoms with Gasteiger partial charge in [-0.2, -0.15) is 9.29 Å². The predicted octanol–water partition coefficient (Wildman–Crippen LogP) is 2.06. The fourth-order valence-electron chi connectivity index (χ4n) is 2.99. The maximum Gasteiger partial charge on any atom is 0.257 e. The molecule has 0 aromatic carbocycles. The van der Waals surface area contributed by atoms with Crippen molar-refractivity contribution in [2.24, 2.45) is 0 Å². The summed E-state index contributed by atoms with van der Waals surface area (Å²) >= 11 is 1.63. The lowest BCUT2D eigenvalue weighted by Gasteiger charge is -2.30. The molecule has 1 fully saturated rings. The molecule has 0 bridgehead atoms. The second-order valence-electron chi connectivity index (χ2n) is 6.44. The Morgan fingerprint density at radius 3 is 2.89 bits per heavy atom. The van der Waals surface area contributed by atoms with E-state index in [1.54, 1.807) is 23.7 Å². The Morgan fingerprint density at radius 2 is 2.11 bits per heavy atom. The van der Waals surface area contributed by atoms with Crippen LogP contribution in [-0.4, -0.2) is 53.3 Å². The summed E-state index contributed by atoms with van der Waals surface area (Å²) < 4.78 is 38.0. The molecule has 4 heterocycles. The summed E-state index contributed by atoms with van der Waals surface area (Å²) in [6, 6.07) is 7.63. The molecule has 10 heteroatoms. The van der Waals surface area contributed by atoms with Crippen LogP contribution < -0.4 is 0 Å². The van der Waals surface area contributed by atoms with Crippen LogP contribution in [0.4, 0.5) is 0 Å². The van der Waals surface area contributed by atoms with E-state index in [2.05, 4.69) is 15.1 Å². The van der Waals surface area contributed by atoms with E-state index in [1.165, 1.54) is 4.31 Å². The molecule has 0 saturated carbocycles. The van der Waals surface area contributed by atoms with Crippen molar-refractivity contribution in [3.63, 3.8) is 0 Å². The van der Waals surface area contributed by atoms with E-state index in [0.717, 1.165) is 10.4 Å². The smallest absolute Gasteiger partial charge is 0.257 e. The van der Waals surface area contributed by atoms with E-state index in [0.29, 0.717) is 37.7 Å². The van der Waals surface area contributed by atoms with Crippen LogP contribution in [0.2, 0.25) is 0 Å². The Balaban J connectivity index is 1.39. The molecule has 1 aliphatic heterocycles. The van der Waals surface area contributed by atoms with Gasteiger partial charge in [0.15, 0.2) is 11.9 Å². The molecule has 3 aromatic rings. The van der Waals surface area contributed by atoms with Gasteiger partial charge in [-0.15, -0.1) is 11.3 Å². The molecule has 1 atom stereocenters. The van der Waals surface area contributed by atoms with Gasteiger partial charge in [0, 0.05) is 36.8 Å². The van der Waals surface area contributed by atoms with Crippen LogP contribution in [0.15, 0.2) is 46.6 Å². The van der Waals surface area contributed by atoms with Gasteiger partial charge in [-0.1, -0.05) is 11.2 Å². The number of hydrogen-bond acceptors (Lipinski definition) is 8. The second-order valence-corrected chi connectivity index (χ2v) is 9.56. The van der Waals surface area contributed by atoms with Gasteiger partial charge in [-0.25, -0.2) is 8.42 Å². The Bertz CT molecular complexity index is 990. The average molecular weight is 421 g/mol. The van der Waals surface area contributed by atoms with Crippen LogP contribution in [0.1, 0.15) is 28.3 Å². The molecule has 1 saturated heterocycles. The van der Waals surface area contributed by atoms with Crippen LogP contribution >= 0.6 is 11.3 Å². The third-order valence-electron chi connectivity index (χ3n) is 4.49. The Labute approximate surface area is 167 Å². The first-order valence-electron chi connectivity index (χ1n) is 8.93. The molecule has 8 nitrogen and oxygen atoms in total. The van der Waals surface area contributed by atoms with Gasteiger partial charge in [0.2, 0.25) is 10.0 Å². The zero-order valence-corrected chi connectivity index (χ0v) is 16.7. The normalized spacial score (nSPS) is 18.4. The molecule has 0 aliphatic carbocycles. The molecule has 0 N–H and O–H groups in total. The Hall–Kier alpha value is -2.14. The number of aryl methyl sites for hydroxylation is 1. The molecule has 0 spiro atoms. The summed E-state index contributed by atoms with van der Waals surface area (Å²) in [5.74, 6) is 0.927. The highest BCUT2D eigenvalue weighted by Crippen LogP contribution is 2.24. The highest BCUT2D eigenvalue weighted by atomic mass is 32.2. The highest BCUT2D eigenvalue weighted by molar-refractivity contribution is 7.89. The number of hydrogen-bond donors (Lipinski definition) is 0. The summed E-state index contributed by atoms with van der Waals surface area (Å²) in [6.45, 7) is 0.798. The van der Waals surface area contributed by atoms with Crippen molar-refractivity contribution in [2.75, 3.05) is 25.4 Å². The average Bonchev–Trinajstić information content (AvgIpc) is 3.40. The quantitative estimate of drug-likeness (QED) is 0.577. The van der Waals surface area contributed by atoms with E-state index in [9.17, 15) is 8.42 Å². The van der Waals surface area contributed by atoms with Crippen LogP contribution in [-0.2, 0) is 27.6 Å². The SMILES string of the molecule is O=S(=O)(CCc1ccncc1)N1CCO[C@@H](c2nc(Cc3cccs3)no2)C1. The van der Waals surface area contributed by atoms with Crippen molar-refractivity contribution in [2.45, 2.75) is 18.9 Å². The van der Waals surface area contributed by atoms with Gasteiger partial charge in [-0.3, -0.25) is 4.98 Å². The molecule has 1 aliphatic rings. The number of morpholine rings is 1. The van der Waals surface area contributed by atoms with Gasteiger partial charge in [0.25, 0.3) is 5.89 Å². The number of thiophene rings is 1. The molecular weight excluding hydrogens is 400 g/mol. The van der Waals surface area contributed by atoms with E-state index >= 15 is 0 Å². The third-order valence-corrected chi connectivity index (χ3v) is 7.21. The third kappa shape index (κ3) is 4.64. The number of sulfonamides is 1. The summed E-state index contributed by atoms with van der Waals surface area (Å²) in [7, 11) is -3.41. The number of nitrogens with zero attached hydrogens (tertiary/aromatic N) is 4. The minimum Gasteiger partial charge on any atom is -0.366 e. The van der Waals surface area contributed by atoms with Crippen molar-refractivity contribution in [3.05, 3.63) is 64.2 Å². The lowest BCUT2D eigenvalue weighted by atomic mass is 10.2. The summed E-state index contributed by atoms with van der Waals surface area (Å²) in [5.41, 5.74) is 0.943.